The highest BCUT2D eigenvalue weighted by Gasteiger charge is 2.57. The maximum Gasteiger partial charge on any atom is 0.183 e. The highest BCUT2D eigenvalue weighted by molar-refractivity contribution is 5.52. The lowest BCUT2D eigenvalue weighted by molar-refractivity contribution is -0.138. The Hall–Kier alpha value is -1.52. The molecule has 0 aliphatic heterocycles. The summed E-state index contributed by atoms with van der Waals surface area (Å²) in [5.74, 6) is 1.35. The van der Waals surface area contributed by atoms with E-state index < -0.39 is 11.7 Å². The van der Waals surface area contributed by atoms with E-state index in [1.807, 2.05) is 45.0 Å². The predicted octanol–water partition coefficient (Wildman–Crippen LogP) is 2.61. The average Bonchev–Trinajstić information content (AvgIpc) is 2.46. The molecule has 1 aromatic carbocycles. The van der Waals surface area contributed by atoms with Crippen LogP contribution >= 0.6 is 0 Å². The summed E-state index contributed by atoms with van der Waals surface area (Å²) in [6, 6.07) is 7.52. The first-order valence-corrected chi connectivity index (χ1v) is 6.73. The first-order valence-electron chi connectivity index (χ1n) is 6.73. The number of hydrogen-bond donors (Lipinski definition) is 1. The molecule has 2 unspecified atom stereocenters. The smallest absolute Gasteiger partial charge is 0.183 e. The maximum absolute atomic E-state index is 10.5. The first kappa shape index (κ1) is 14.9. The highest BCUT2D eigenvalue weighted by Crippen LogP contribution is 2.52. The maximum atomic E-state index is 10.5. The van der Waals surface area contributed by atoms with Gasteiger partial charge in [0.2, 0.25) is 0 Å². The second-order valence-electron chi connectivity index (χ2n) is 5.22. The minimum atomic E-state index is -0.985. The summed E-state index contributed by atoms with van der Waals surface area (Å²) in [6.45, 7) is 5.76. The van der Waals surface area contributed by atoms with Gasteiger partial charge in [0.05, 0.1) is 13.2 Å². The minimum absolute atomic E-state index is 0.0108. The van der Waals surface area contributed by atoms with Crippen molar-refractivity contribution in [2.75, 3.05) is 14.2 Å². The molecule has 0 aromatic heterocycles. The molecule has 1 N–H and O–H groups in total. The lowest BCUT2D eigenvalue weighted by Crippen LogP contribution is -2.53. The van der Waals surface area contributed by atoms with Crippen LogP contribution in [-0.2, 0) is 15.1 Å². The van der Waals surface area contributed by atoms with Gasteiger partial charge in [-0.15, -0.1) is 0 Å². The van der Waals surface area contributed by atoms with Crippen LogP contribution in [0.5, 0.6) is 5.75 Å². The van der Waals surface area contributed by atoms with Crippen molar-refractivity contribution in [1.29, 1.82) is 0 Å². The van der Waals surface area contributed by atoms with Gasteiger partial charge in [0.15, 0.2) is 5.60 Å². The summed E-state index contributed by atoms with van der Waals surface area (Å²) in [4.78, 5) is 0. The van der Waals surface area contributed by atoms with Crippen molar-refractivity contribution in [2.45, 2.75) is 38.6 Å². The molecule has 1 aliphatic carbocycles. The van der Waals surface area contributed by atoms with Gasteiger partial charge in [-0.05, 0) is 26.8 Å². The minimum Gasteiger partial charge on any atom is -0.496 e. The van der Waals surface area contributed by atoms with Crippen LogP contribution in [0.1, 0.15) is 26.3 Å². The summed E-state index contributed by atoms with van der Waals surface area (Å²) in [6.07, 6.45) is -0.728. The van der Waals surface area contributed by atoms with Crippen LogP contribution in [0.25, 0.3) is 0 Å². The van der Waals surface area contributed by atoms with Crippen molar-refractivity contribution in [3.05, 3.63) is 41.2 Å². The Bertz CT molecular complexity index is 521. The summed E-state index contributed by atoms with van der Waals surface area (Å²) < 4.78 is 17.0. The van der Waals surface area contributed by atoms with Gasteiger partial charge >= 0.3 is 0 Å². The van der Waals surface area contributed by atoms with E-state index in [4.69, 9.17) is 14.2 Å². The van der Waals surface area contributed by atoms with Gasteiger partial charge in [-0.2, -0.15) is 0 Å². The van der Waals surface area contributed by atoms with E-state index in [-0.39, 0.29) is 6.10 Å². The Balaban J connectivity index is 2.55. The third-order valence-electron chi connectivity index (χ3n) is 3.67. The number of para-hydroxylation sites is 1. The third-order valence-corrected chi connectivity index (χ3v) is 3.67. The van der Waals surface area contributed by atoms with Crippen LogP contribution in [0.2, 0.25) is 0 Å². The molecule has 1 aromatic rings. The van der Waals surface area contributed by atoms with Crippen molar-refractivity contribution in [1.82, 2.24) is 0 Å². The van der Waals surface area contributed by atoms with E-state index in [2.05, 4.69) is 0 Å². The number of ether oxygens (including phenoxy) is 3. The fraction of sp³-hybridized carbons (Fsp3) is 0.500. The number of aliphatic hydroxyl groups is 1. The molecule has 0 saturated carbocycles. The zero-order chi connectivity index (χ0) is 14.9. The fourth-order valence-corrected chi connectivity index (χ4v) is 2.72. The monoisotopic (exact) mass is 278 g/mol. The van der Waals surface area contributed by atoms with E-state index in [0.29, 0.717) is 11.5 Å². The Labute approximate surface area is 120 Å². The van der Waals surface area contributed by atoms with Gasteiger partial charge < -0.3 is 19.3 Å². The SMILES string of the molecule is COc1ccccc1C1(OC)C(OC(C)C)=C(C)C1O. The standard InChI is InChI=1S/C16H22O4/c1-10(2)20-15-11(3)14(17)16(15,19-5)12-8-6-7-9-13(12)18-4/h6-10,14,17H,1-5H3. The zero-order valence-electron chi connectivity index (χ0n) is 12.6. The molecule has 2 atom stereocenters. The Morgan fingerprint density at radius 3 is 2.40 bits per heavy atom. The lowest BCUT2D eigenvalue weighted by atomic mass is 9.71. The van der Waals surface area contributed by atoms with Crippen molar-refractivity contribution < 1.29 is 19.3 Å². The molecule has 1 aliphatic rings. The number of rotatable bonds is 5. The summed E-state index contributed by atoms with van der Waals surface area (Å²) >= 11 is 0. The fourth-order valence-electron chi connectivity index (χ4n) is 2.72. The van der Waals surface area contributed by atoms with Gasteiger partial charge in [-0.25, -0.2) is 0 Å². The summed E-state index contributed by atoms with van der Waals surface area (Å²) in [5, 5.41) is 10.5. The Kier molecular flexibility index (Phi) is 4.06. The topological polar surface area (TPSA) is 47.9 Å². The summed E-state index contributed by atoms with van der Waals surface area (Å²) in [7, 11) is 3.18. The molecule has 2 rings (SSSR count). The van der Waals surface area contributed by atoms with Gasteiger partial charge in [-0.3, -0.25) is 0 Å². The van der Waals surface area contributed by atoms with E-state index in [1.165, 1.54) is 0 Å². The van der Waals surface area contributed by atoms with Crippen molar-refractivity contribution in [3.63, 3.8) is 0 Å². The van der Waals surface area contributed by atoms with Crippen LogP contribution in [0.15, 0.2) is 35.6 Å². The molecular weight excluding hydrogens is 256 g/mol. The molecule has 0 fully saturated rings. The van der Waals surface area contributed by atoms with Crippen LogP contribution in [-0.4, -0.2) is 31.5 Å². The van der Waals surface area contributed by atoms with Crippen LogP contribution < -0.4 is 4.74 Å². The number of hydrogen-bond acceptors (Lipinski definition) is 4. The van der Waals surface area contributed by atoms with E-state index in [0.717, 1.165) is 11.1 Å². The molecule has 110 valence electrons. The van der Waals surface area contributed by atoms with Crippen LogP contribution in [0, 0.1) is 0 Å². The van der Waals surface area contributed by atoms with Crippen LogP contribution in [0.3, 0.4) is 0 Å². The molecule has 20 heavy (non-hydrogen) atoms. The summed E-state index contributed by atoms with van der Waals surface area (Å²) in [5.41, 5.74) is 0.589. The van der Waals surface area contributed by atoms with Gasteiger partial charge in [-0.1, -0.05) is 18.2 Å². The number of aliphatic hydroxyl groups excluding tert-OH is 1. The van der Waals surface area contributed by atoms with Crippen molar-refractivity contribution in [2.24, 2.45) is 0 Å². The van der Waals surface area contributed by atoms with Gasteiger partial charge in [0, 0.05) is 18.2 Å². The van der Waals surface area contributed by atoms with Gasteiger partial charge in [0.25, 0.3) is 0 Å². The zero-order valence-corrected chi connectivity index (χ0v) is 12.6. The Morgan fingerprint density at radius 1 is 1.20 bits per heavy atom. The molecule has 0 spiro atoms. The molecule has 0 amide bonds. The average molecular weight is 278 g/mol. The largest absolute Gasteiger partial charge is 0.496 e. The molecular formula is C16H22O4. The molecule has 4 nitrogen and oxygen atoms in total. The molecule has 0 saturated heterocycles. The lowest BCUT2D eigenvalue weighted by Gasteiger charge is -2.48. The highest BCUT2D eigenvalue weighted by atomic mass is 16.6. The third kappa shape index (κ3) is 2.00. The second kappa shape index (κ2) is 5.46. The normalized spacial score (nSPS) is 25.6. The molecule has 0 radical (unpaired) electrons. The van der Waals surface area contributed by atoms with Crippen molar-refractivity contribution >= 4 is 0 Å². The molecule has 0 bridgehead atoms. The van der Waals surface area contributed by atoms with E-state index in [1.54, 1.807) is 14.2 Å². The van der Waals surface area contributed by atoms with E-state index >= 15 is 0 Å². The molecule has 0 heterocycles. The number of benzene rings is 1. The van der Waals surface area contributed by atoms with Crippen molar-refractivity contribution in [3.8, 4) is 5.75 Å². The first-order chi connectivity index (χ1) is 9.48. The predicted molar refractivity (Wildman–Crippen MR) is 76.6 cm³/mol. The van der Waals surface area contributed by atoms with Crippen LogP contribution in [0.4, 0.5) is 0 Å². The quantitative estimate of drug-likeness (QED) is 0.899. The second-order valence-corrected chi connectivity index (χ2v) is 5.22. The Morgan fingerprint density at radius 2 is 1.85 bits per heavy atom. The van der Waals surface area contributed by atoms with E-state index in [9.17, 15) is 5.11 Å². The molecule has 4 heteroatoms. The van der Waals surface area contributed by atoms with Gasteiger partial charge in [0.1, 0.15) is 17.6 Å². The number of methoxy groups -OCH3 is 2.